The summed E-state index contributed by atoms with van der Waals surface area (Å²) in [5.74, 6) is -0.488. The molecule has 1 aromatic heterocycles. The van der Waals surface area contributed by atoms with Gasteiger partial charge in [-0.25, -0.2) is 0 Å². The number of carbonyl (C=O) groups excluding carboxylic acids is 3. The molecule has 180 valence electrons. The topological polar surface area (TPSA) is 129 Å². The Morgan fingerprint density at radius 2 is 1.68 bits per heavy atom. The zero-order valence-corrected chi connectivity index (χ0v) is 19.6. The lowest BCUT2D eigenvalue weighted by Gasteiger charge is -2.32. The summed E-state index contributed by atoms with van der Waals surface area (Å²) in [6, 6.07) is 8.23. The molecule has 0 unspecified atom stereocenters. The molecule has 3 heterocycles. The number of likely N-dealkylation sites (tertiary alicyclic amines) is 1. The van der Waals surface area contributed by atoms with E-state index in [4.69, 9.17) is 17.3 Å². The average molecular weight is 486 g/mol. The number of nitrogen functional groups attached to an aromatic ring is 1. The van der Waals surface area contributed by atoms with Gasteiger partial charge in [-0.3, -0.25) is 24.1 Å². The van der Waals surface area contributed by atoms with Crippen LogP contribution in [-0.4, -0.2) is 65.2 Å². The van der Waals surface area contributed by atoms with Gasteiger partial charge in [0.2, 0.25) is 0 Å². The van der Waals surface area contributed by atoms with Crippen LogP contribution in [0.25, 0.3) is 0 Å². The fourth-order valence-electron chi connectivity index (χ4n) is 4.48. The number of pyridine rings is 1. The normalized spacial score (nSPS) is 16.7. The molecule has 0 saturated carbocycles. The van der Waals surface area contributed by atoms with Crippen LogP contribution in [0, 0.1) is 5.92 Å². The Balaban J connectivity index is 1.15. The van der Waals surface area contributed by atoms with Crippen LogP contribution in [-0.2, 0) is 0 Å². The lowest BCUT2D eigenvalue weighted by Crippen LogP contribution is -2.40. The Labute approximate surface area is 202 Å². The number of unbranched alkanes of at least 4 members (excludes halogenated alkanes) is 1. The van der Waals surface area contributed by atoms with Gasteiger partial charge in [0.15, 0.2) is 0 Å². The van der Waals surface area contributed by atoms with Crippen molar-refractivity contribution < 1.29 is 14.4 Å². The van der Waals surface area contributed by atoms with Crippen molar-refractivity contribution in [3.05, 3.63) is 62.4 Å². The first-order valence-corrected chi connectivity index (χ1v) is 11.9. The largest absolute Gasteiger partial charge is 0.384 e. The number of halogens is 1. The van der Waals surface area contributed by atoms with E-state index in [0.29, 0.717) is 30.1 Å². The van der Waals surface area contributed by atoms with Crippen LogP contribution in [0.4, 0.5) is 5.82 Å². The molecule has 4 rings (SSSR count). The number of fused-ring (bicyclic) bond motifs is 1. The molecule has 34 heavy (non-hydrogen) atoms. The maximum Gasteiger partial charge on any atom is 0.262 e. The van der Waals surface area contributed by atoms with E-state index in [1.54, 1.807) is 24.3 Å². The van der Waals surface area contributed by atoms with Gasteiger partial charge in [0.1, 0.15) is 11.4 Å². The molecule has 0 atom stereocenters. The predicted octanol–water partition coefficient (Wildman–Crippen LogP) is 2.13. The number of nitrogens with two attached hydrogens (primary N) is 1. The van der Waals surface area contributed by atoms with E-state index in [9.17, 15) is 19.2 Å². The molecule has 0 aliphatic carbocycles. The van der Waals surface area contributed by atoms with Gasteiger partial charge in [-0.05, 0) is 69.4 Å². The maximum absolute atomic E-state index is 12.4. The van der Waals surface area contributed by atoms with Crippen molar-refractivity contribution in [1.29, 1.82) is 0 Å². The maximum atomic E-state index is 12.4. The van der Waals surface area contributed by atoms with Gasteiger partial charge in [0, 0.05) is 13.1 Å². The molecule has 1 fully saturated rings. The Morgan fingerprint density at radius 3 is 2.32 bits per heavy atom. The first kappa shape index (κ1) is 24.0. The van der Waals surface area contributed by atoms with Crippen molar-refractivity contribution in [3.8, 4) is 0 Å². The van der Waals surface area contributed by atoms with Crippen molar-refractivity contribution in [1.82, 2.24) is 20.1 Å². The second-order valence-electron chi connectivity index (χ2n) is 8.78. The Bertz CT molecular complexity index is 1120. The fourth-order valence-corrected chi connectivity index (χ4v) is 4.64. The number of H-pyrrole nitrogens is 1. The second-order valence-corrected chi connectivity index (χ2v) is 9.19. The molecule has 3 amide bonds. The number of anilines is 1. The van der Waals surface area contributed by atoms with E-state index in [1.165, 1.54) is 11.0 Å². The summed E-state index contributed by atoms with van der Waals surface area (Å²) >= 11 is 5.90. The first-order chi connectivity index (χ1) is 16.3. The zero-order chi connectivity index (χ0) is 24.2. The Hall–Kier alpha value is -3.17. The summed E-state index contributed by atoms with van der Waals surface area (Å²) in [4.78, 5) is 55.2. The van der Waals surface area contributed by atoms with Gasteiger partial charge in [0.05, 0.1) is 16.1 Å². The third kappa shape index (κ3) is 5.15. The highest BCUT2D eigenvalue weighted by molar-refractivity contribution is 6.33. The number of rotatable bonds is 8. The third-order valence-electron chi connectivity index (χ3n) is 6.51. The summed E-state index contributed by atoms with van der Waals surface area (Å²) < 4.78 is 0. The van der Waals surface area contributed by atoms with Crippen LogP contribution in [0.5, 0.6) is 0 Å². The van der Waals surface area contributed by atoms with Crippen LogP contribution < -0.4 is 16.6 Å². The number of nitrogens with zero attached hydrogens (tertiary/aromatic N) is 2. The fraction of sp³-hybridized carbons (Fsp3) is 0.417. The Morgan fingerprint density at radius 1 is 1.06 bits per heavy atom. The number of aromatic nitrogens is 1. The average Bonchev–Trinajstić information content (AvgIpc) is 3.08. The van der Waals surface area contributed by atoms with E-state index in [0.717, 1.165) is 45.3 Å². The van der Waals surface area contributed by atoms with Gasteiger partial charge in [-0.15, -0.1) is 0 Å². The number of amides is 3. The minimum absolute atomic E-state index is 0.0410. The van der Waals surface area contributed by atoms with E-state index in [-0.39, 0.29) is 28.2 Å². The first-order valence-electron chi connectivity index (χ1n) is 11.5. The molecule has 0 radical (unpaired) electrons. The van der Waals surface area contributed by atoms with Crippen molar-refractivity contribution in [2.75, 3.05) is 38.5 Å². The molecule has 2 aliphatic rings. The highest BCUT2D eigenvalue weighted by Gasteiger charge is 2.34. The SMILES string of the molecule is Nc1[nH]c(=O)c(C(=O)NCC2CCN(CCCCN3C(=O)c4ccccc4C3=O)CC2)cc1Cl. The van der Waals surface area contributed by atoms with Gasteiger partial charge < -0.3 is 20.9 Å². The molecule has 10 heteroatoms. The highest BCUT2D eigenvalue weighted by Crippen LogP contribution is 2.23. The molecule has 2 aromatic rings. The summed E-state index contributed by atoms with van der Waals surface area (Å²) in [6.45, 7) is 3.67. The third-order valence-corrected chi connectivity index (χ3v) is 6.82. The van der Waals surface area contributed by atoms with Crippen molar-refractivity contribution in [3.63, 3.8) is 0 Å². The predicted molar refractivity (Wildman–Crippen MR) is 129 cm³/mol. The number of piperidine rings is 1. The molecular weight excluding hydrogens is 458 g/mol. The zero-order valence-electron chi connectivity index (χ0n) is 18.8. The monoisotopic (exact) mass is 485 g/mol. The van der Waals surface area contributed by atoms with Gasteiger partial charge in [-0.1, -0.05) is 23.7 Å². The van der Waals surface area contributed by atoms with E-state index in [1.807, 2.05) is 0 Å². The van der Waals surface area contributed by atoms with Crippen molar-refractivity contribution in [2.45, 2.75) is 25.7 Å². The number of carbonyl (C=O) groups is 3. The van der Waals surface area contributed by atoms with E-state index in [2.05, 4.69) is 15.2 Å². The van der Waals surface area contributed by atoms with Crippen LogP contribution in [0.3, 0.4) is 0 Å². The number of nitrogens with one attached hydrogen (secondary N) is 2. The number of imide groups is 1. The number of aromatic amines is 1. The Kier molecular flexibility index (Phi) is 7.33. The minimum atomic E-state index is -0.560. The lowest BCUT2D eigenvalue weighted by molar-refractivity contribution is 0.0649. The van der Waals surface area contributed by atoms with Crippen LogP contribution in [0.2, 0.25) is 5.02 Å². The second kappa shape index (κ2) is 10.4. The van der Waals surface area contributed by atoms with Gasteiger partial charge in [-0.2, -0.15) is 0 Å². The number of benzene rings is 1. The van der Waals surface area contributed by atoms with Gasteiger partial charge >= 0.3 is 0 Å². The molecular formula is C24H28ClN5O4. The molecule has 0 bridgehead atoms. The highest BCUT2D eigenvalue weighted by atomic mass is 35.5. The quantitative estimate of drug-likeness (QED) is 0.388. The standard InChI is InChI=1S/C24H28ClN5O4/c25-19-13-18(22(32)28-20(19)26)21(31)27-14-15-7-11-29(12-8-15)9-3-4-10-30-23(33)16-5-1-2-6-17(16)24(30)34/h1-2,5-6,13,15H,3-4,7-12,14H2,(H,27,31)(H3,26,28,32). The number of hydrogen-bond acceptors (Lipinski definition) is 6. The van der Waals surface area contributed by atoms with E-state index < -0.39 is 11.5 Å². The summed E-state index contributed by atoms with van der Waals surface area (Å²) in [7, 11) is 0. The molecule has 2 aliphatic heterocycles. The lowest BCUT2D eigenvalue weighted by atomic mass is 9.96. The summed E-state index contributed by atoms with van der Waals surface area (Å²) in [5, 5.41) is 2.96. The van der Waals surface area contributed by atoms with Crippen LogP contribution in [0.15, 0.2) is 35.1 Å². The number of hydrogen-bond donors (Lipinski definition) is 3. The van der Waals surface area contributed by atoms with E-state index >= 15 is 0 Å². The van der Waals surface area contributed by atoms with Gasteiger partial charge in [0.25, 0.3) is 23.3 Å². The molecule has 0 spiro atoms. The molecule has 4 N–H and O–H groups in total. The van der Waals surface area contributed by atoms with Crippen LogP contribution in [0.1, 0.15) is 56.8 Å². The van der Waals surface area contributed by atoms with Crippen molar-refractivity contribution >= 4 is 35.1 Å². The van der Waals surface area contributed by atoms with Crippen molar-refractivity contribution in [2.24, 2.45) is 5.92 Å². The smallest absolute Gasteiger partial charge is 0.262 e. The molecule has 9 nitrogen and oxygen atoms in total. The summed E-state index contributed by atoms with van der Waals surface area (Å²) in [6.07, 6.45) is 3.55. The molecule has 1 saturated heterocycles. The summed E-state index contributed by atoms with van der Waals surface area (Å²) in [5.41, 5.74) is 5.92. The molecule has 1 aromatic carbocycles. The minimum Gasteiger partial charge on any atom is -0.384 e. The van der Waals surface area contributed by atoms with Crippen LogP contribution >= 0.6 is 11.6 Å².